The first-order chi connectivity index (χ1) is 6.67. The van der Waals surface area contributed by atoms with Gasteiger partial charge in [0.1, 0.15) is 0 Å². The normalized spacial score (nSPS) is 10.9. The van der Waals surface area contributed by atoms with Gasteiger partial charge in [-0.3, -0.25) is 4.79 Å². The molecule has 0 atom stereocenters. The van der Waals surface area contributed by atoms with Gasteiger partial charge in [-0.15, -0.1) is 11.3 Å². The molecule has 0 saturated carbocycles. The maximum Gasteiger partial charge on any atom is 0.174 e. The molecule has 0 amide bonds. The molecule has 0 unspecified atom stereocenters. The van der Waals surface area contributed by atoms with Crippen molar-refractivity contribution in [3.05, 3.63) is 16.1 Å². The number of ketones is 1. The van der Waals surface area contributed by atoms with Crippen LogP contribution >= 0.6 is 11.3 Å². The van der Waals surface area contributed by atoms with Gasteiger partial charge in [0.05, 0.1) is 9.88 Å². The molecule has 0 N–H and O–H groups in total. The van der Waals surface area contributed by atoms with Gasteiger partial charge in [0.15, 0.2) is 5.78 Å². The van der Waals surface area contributed by atoms with Gasteiger partial charge in [0.25, 0.3) is 0 Å². The van der Waals surface area contributed by atoms with Crippen molar-refractivity contribution in [2.75, 3.05) is 0 Å². The van der Waals surface area contributed by atoms with E-state index < -0.39 is 0 Å². The van der Waals surface area contributed by atoms with Crippen LogP contribution in [0.1, 0.15) is 47.8 Å². The minimum absolute atomic E-state index is 0.254. The van der Waals surface area contributed by atoms with Crippen molar-refractivity contribution in [2.45, 2.75) is 40.0 Å². The number of carbonyl (C=O) groups excluding carboxylic acids is 1. The van der Waals surface area contributed by atoms with Gasteiger partial charge in [0, 0.05) is 12.6 Å². The van der Waals surface area contributed by atoms with Crippen molar-refractivity contribution < 1.29 is 4.79 Å². The van der Waals surface area contributed by atoms with Gasteiger partial charge >= 0.3 is 0 Å². The van der Waals surface area contributed by atoms with Crippen LogP contribution in [-0.4, -0.2) is 10.8 Å². The van der Waals surface area contributed by atoms with Crippen LogP contribution in [0.15, 0.2) is 6.20 Å². The number of aromatic nitrogens is 1. The van der Waals surface area contributed by atoms with Gasteiger partial charge in [0.2, 0.25) is 0 Å². The Hall–Kier alpha value is -0.700. The maximum absolute atomic E-state index is 11.8. The largest absolute Gasteiger partial charge is 0.293 e. The molecule has 0 aliphatic rings. The molecular formula is C11H17NOS. The molecule has 0 saturated heterocycles. The summed E-state index contributed by atoms with van der Waals surface area (Å²) in [6, 6.07) is 0. The number of Topliss-reactive ketones (excluding diaryl/α,β-unsaturated/α-hetero) is 1. The lowest BCUT2D eigenvalue weighted by Crippen LogP contribution is -2.05. The van der Waals surface area contributed by atoms with E-state index in [1.54, 1.807) is 6.20 Å². The highest BCUT2D eigenvalue weighted by Crippen LogP contribution is 2.19. The maximum atomic E-state index is 11.8. The Morgan fingerprint density at radius 2 is 2.14 bits per heavy atom. The summed E-state index contributed by atoms with van der Waals surface area (Å²) in [4.78, 5) is 16.7. The van der Waals surface area contributed by atoms with Gasteiger partial charge in [-0.05, 0) is 12.8 Å². The van der Waals surface area contributed by atoms with E-state index in [-0.39, 0.29) is 5.78 Å². The standard InChI is InChI=1S/C11H17NOS/c1-4-9(5-2)6-10(13)11-7-12-8(3)14-11/h7,9H,4-6H2,1-3H3. The molecule has 0 bridgehead atoms. The SMILES string of the molecule is CCC(CC)CC(=O)c1cnc(C)s1. The van der Waals surface area contributed by atoms with E-state index >= 15 is 0 Å². The highest BCUT2D eigenvalue weighted by atomic mass is 32.1. The molecule has 2 nitrogen and oxygen atoms in total. The lowest BCUT2D eigenvalue weighted by Gasteiger charge is -2.09. The molecule has 0 radical (unpaired) electrons. The highest BCUT2D eigenvalue weighted by molar-refractivity contribution is 7.13. The van der Waals surface area contributed by atoms with E-state index in [1.807, 2.05) is 6.92 Å². The van der Waals surface area contributed by atoms with E-state index in [9.17, 15) is 4.79 Å². The first-order valence-corrected chi connectivity index (χ1v) is 5.94. The summed E-state index contributed by atoms with van der Waals surface area (Å²) >= 11 is 1.50. The minimum atomic E-state index is 0.254. The summed E-state index contributed by atoms with van der Waals surface area (Å²) in [6.45, 7) is 6.21. The molecule has 0 aliphatic heterocycles. The molecule has 0 aliphatic carbocycles. The smallest absolute Gasteiger partial charge is 0.174 e. The zero-order valence-electron chi connectivity index (χ0n) is 9.04. The molecule has 1 heterocycles. The molecule has 1 aromatic heterocycles. The number of nitrogens with zero attached hydrogens (tertiary/aromatic N) is 1. The summed E-state index contributed by atoms with van der Waals surface area (Å²) in [5.41, 5.74) is 0. The fourth-order valence-corrected chi connectivity index (χ4v) is 2.16. The molecule has 3 heteroatoms. The van der Waals surface area contributed by atoms with E-state index in [1.165, 1.54) is 11.3 Å². The Kier molecular flexibility index (Phi) is 4.26. The Morgan fingerprint density at radius 3 is 2.57 bits per heavy atom. The van der Waals surface area contributed by atoms with Crippen molar-refractivity contribution in [3.8, 4) is 0 Å². The van der Waals surface area contributed by atoms with Crippen molar-refractivity contribution in [3.63, 3.8) is 0 Å². The number of carbonyl (C=O) groups is 1. The van der Waals surface area contributed by atoms with Crippen molar-refractivity contribution in [1.82, 2.24) is 4.98 Å². The average Bonchev–Trinajstić information content (AvgIpc) is 2.61. The second-order valence-electron chi connectivity index (χ2n) is 3.55. The topological polar surface area (TPSA) is 30.0 Å². The van der Waals surface area contributed by atoms with Gasteiger partial charge < -0.3 is 0 Å². The number of rotatable bonds is 5. The van der Waals surface area contributed by atoms with Gasteiger partial charge in [-0.25, -0.2) is 4.98 Å². The van der Waals surface area contributed by atoms with Crippen LogP contribution in [0.2, 0.25) is 0 Å². The summed E-state index contributed by atoms with van der Waals surface area (Å²) in [5, 5.41) is 0.970. The zero-order chi connectivity index (χ0) is 10.6. The quantitative estimate of drug-likeness (QED) is 0.698. The third kappa shape index (κ3) is 2.91. The molecule has 1 aromatic rings. The van der Waals surface area contributed by atoms with Gasteiger partial charge in [-0.1, -0.05) is 26.7 Å². The van der Waals surface area contributed by atoms with Crippen LogP contribution in [0, 0.1) is 12.8 Å². The van der Waals surface area contributed by atoms with E-state index in [4.69, 9.17) is 0 Å². The van der Waals surface area contributed by atoms with Crippen LogP contribution < -0.4 is 0 Å². The van der Waals surface area contributed by atoms with Gasteiger partial charge in [-0.2, -0.15) is 0 Å². The average molecular weight is 211 g/mol. The van der Waals surface area contributed by atoms with E-state index in [0.717, 1.165) is 22.7 Å². The zero-order valence-corrected chi connectivity index (χ0v) is 9.86. The number of thiazole rings is 1. The summed E-state index contributed by atoms with van der Waals surface area (Å²) < 4.78 is 0. The van der Waals surface area contributed by atoms with Crippen LogP contribution in [0.25, 0.3) is 0 Å². The third-order valence-corrected chi connectivity index (χ3v) is 3.48. The van der Waals surface area contributed by atoms with Crippen LogP contribution in [0.3, 0.4) is 0 Å². The molecule has 78 valence electrons. The molecule has 0 aromatic carbocycles. The number of hydrogen-bond donors (Lipinski definition) is 0. The summed E-state index contributed by atoms with van der Waals surface area (Å²) in [6.07, 6.45) is 4.54. The summed E-state index contributed by atoms with van der Waals surface area (Å²) in [7, 11) is 0. The Bertz CT molecular complexity index is 302. The molecular weight excluding hydrogens is 194 g/mol. The highest BCUT2D eigenvalue weighted by Gasteiger charge is 2.13. The van der Waals surface area contributed by atoms with E-state index in [0.29, 0.717) is 12.3 Å². The fraction of sp³-hybridized carbons (Fsp3) is 0.636. The lowest BCUT2D eigenvalue weighted by atomic mass is 9.97. The van der Waals surface area contributed by atoms with Crippen LogP contribution in [0.4, 0.5) is 0 Å². The number of aryl methyl sites for hydroxylation is 1. The second kappa shape index (κ2) is 5.25. The Labute approximate surface area is 89.4 Å². The summed E-state index contributed by atoms with van der Waals surface area (Å²) in [5.74, 6) is 0.786. The lowest BCUT2D eigenvalue weighted by molar-refractivity contribution is 0.0962. The van der Waals surface area contributed by atoms with Crippen molar-refractivity contribution in [1.29, 1.82) is 0 Å². The molecule has 0 spiro atoms. The number of hydrogen-bond acceptors (Lipinski definition) is 3. The Morgan fingerprint density at radius 1 is 1.50 bits per heavy atom. The third-order valence-electron chi connectivity index (χ3n) is 2.52. The Balaban J connectivity index is 2.58. The monoisotopic (exact) mass is 211 g/mol. The van der Waals surface area contributed by atoms with Crippen molar-refractivity contribution in [2.24, 2.45) is 5.92 Å². The van der Waals surface area contributed by atoms with Crippen LogP contribution in [0.5, 0.6) is 0 Å². The second-order valence-corrected chi connectivity index (χ2v) is 4.79. The predicted octanol–water partition coefficient (Wildman–Crippen LogP) is 3.46. The van der Waals surface area contributed by atoms with E-state index in [2.05, 4.69) is 18.8 Å². The minimum Gasteiger partial charge on any atom is -0.293 e. The fourth-order valence-electron chi connectivity index (χ4n) is 1.43. The molecule has 1 rings (SSSR count). The van der Waals surface area contributed by atoms with Crippen molar-refractivity contribution >= 4 is 17.1 Å². The molecule has 14 heavy (non-hydrogen) atoms. The van der Waals surface area contributed by atoms with Crippen LogP contribution in [-0.2, 0) is 0 Å². The predicted molar refractivity (Wildman–Crippen MR) is 59.9 cm³/mol. The molecule has 0 fully saturated rings. The first kappa shape index (κ1) is 11.4. The first-order valence-electron chi connectivity index (χ1n) is 5.13.